The van der Waals surface area contributed by atoms with E-state index in [0.717, 1.165) is 21.6 Å². The Hall–Kier alpha value is -1.18. The standard InChI is InChI=1S/C13H17FN4S2/c1-4-15-8-9-6-5-7-10(14)11(9)19-13-17-16-12(20-13)18(2)3/h5-7,15H,4,8H2,1-3H3. The highest BCUT2D eigenvalue weighted by Crippen LogP contribution is 2.36. The van der Waals surface area contributed by atoms with E-state index in [4.69, 9.17) is 0 Å². The summed E-state index contributed by atoms with van der Waals surface area (Å²) in [6, 6.07) is 5.14. The van der Waals surface area contributed by atoms with Crippen LogP contribution in [0.2, 0.25) is 0 Å². The molecule has 1 aromatic heterocycles. The van der Waals surface area contributed by atoms with Crippen LogP contribution in [0.3, 0.4) is 0 Å². The summed E-state index contributed by atoms with van der Waals surface area (Å²) >= 11 is 2.79. The monoisotopic (exact) mass is 312 g/mol. The summed E-state index contributed by atoms with van der Waals surface area (Å²) < 4.78 is 14.8. The minimum atomic E-state index is -0.216. The minimum absolute atomic E-state index is 0.216. The van der Waals surface area contributed by atoms with E-state index in [-0.39, 0.29) is 5.82 Å². The molecular formula is C13H17FN4S2. The highest BCUT2D eigenvalue weighted by molar-refractivity contribution is 8.01. The number of halogens is 1. The summed E-state index contributed by atoms with van der Waals surface area (Å²) in [4.78, 5) is 2.51. The summed E-state index contributed by atoms with van der Waals surface area (Å²) in [5.74, 6) is -0.216. The van der Waals surface area contributed by atoms with Gasteiger partial charge in [0.1, 0.15) is 5.82 Å². The van der Waals surface area contributed by atoms with Gasteiger partial charge < -0.3 is 10.2 Å². The summed E-state index contributed by atoms with van der Waals surface area (Å²) in [7, 11) is 3.82. The van der Waals surface area contributed by atoms with Gasteiger partial charge in [0, 0.05) is 20.6 Å². The van der Waals surface area contributed by atoms with Crippen molar-refractivity contribution in [3.05, 3.63) is 29.6 Å². The number of nitrogens with zero attached hydrogens (tertiary/aromatic N) is 3. The second-order valence-electron chi connectivity index (χ2n) is 4.36. The fourth-order valence-corrected chi connectivity index (χ4v) is 3.41. The van der Waals surface area contributed by atoms with Crippen LogP contribution in [0.5, 0.6) is 0 Å². The third-order valence-corrected chi connectivity index (χ3v) is 4.88. The molecule has 0 atom stereocenters. The van der Waals surface area contributed by atoms with Crippen molar-refractivity contribution < 1.29 is 4.39 Å². The largest absolute Gasteiger partial charge is 0.353 e. The lowest BCUT2D eigenvalue weighted by molar-refractivity contribution is 0.591. The normalized spacial score (nSPS) is 10.8. The smallest absolute Gasteiger partial charge is 0.208 e. The molecule has 0 aliphatic rings. The van der Waals surface area contributed by atoms with Gasteiger partial charge in [-0.2, -0.15) is 0 Å². The first-order chi connectivity index (χ1) is 9.61. The molecule has 20 heavy (non-hydrogen) atoms. The van der Waals surface area contributed by atoms with Gasteiger partial charge >= 0.3 is 0 Å². The van der Waals surface area contributed by atoms with Gasteiger partial charge in [0.05, 0.1) is 4.90 Å². The van der Waals surface area contributed by atoms with E-state index in [9.17, 15) is 4.39 Å². The molecule has 0 spiro atoms. The van der Waals surface area contributed by atoms with E-state index in [0.29, 0.717) is 11.4 Å². The number of hydrogen-bond donors (Lipinski definition) is 1. The highest BCUT2D eigenvalue weighted by atomic mass is 32.2. The summed E-state index contributed by atoms with van der Waals surface area (Å²) in [5.41, 5.74) is 0.943. The number of benzene rings is 1. The molecule has 0 saturated heterocycles. The van der Waals surface area contributed by atoms with Gasteiger partial charge in [-0.25, -0.2) is 4.39 Å². The Balaban J connectivity index is 2.22. The van der Waals surface area contributed by atoms with E-state index in [1.54, 1.807) is 6.07 Å². The van der Waals surface area contributed by atoms with E-state index in [2.05, 4.69) is 15.5 Å². The van der Waals surface area contributed by atoms with E-state index < -0.39 is 0 Å². The number of aromatic nitrogens is 2. The van der Waals surface area contributed by atoms with Crippen LogP contribution >= 0.6 is 23.1 Å². The molecule has 4 nitrogen and oxygen atoms in total. The van der Waals surface area contributed by atoms with Crippen LogP contribution in [0, 0.1) is 5.82 Å². The van der Waals surface area contributed by atoms with Gasteiger partial charge in [-0.1, -0.05) is 42.2 Å². The van der Waals surface area contributed by atoms with Crippen LogP contribution in [-0.4, -0.2) is 30.8 Å². The second-order valence-corrected chi connectivity index (χ2v) is 6.57. The SMILES string of the molecule is CCNCc1cccc(F)c1Sc1nnc(N(C)C)s1. The summed E-state index contributed by atoms with van der Waals surface area (Å²) in [5, 5.41) is 12.2. The maximum Gasteiger partial charge on any atom is 0.208 e. The predicted octanol–water partition coefficient (Wildman–Crippen LogP) is 3.00. The van der Waals surface area contributed by atoms with Crippen molar-refractivity contribution in [3.8, 4) is 0 Å². The maximum absolute atomic E-state index is 14.0. The van der Waals surface area contributed by atoms with Crippen LogP contribution in [0.1, 0.15) is 12.5 Å². The minimum Gasteiger partial charge on any atom is -0.353 e. The van der Waals surface area contributed by atoms with Gasteiger partial charge in [-0.15, -0.1) is 10.2 Å². The quantitative estimate of drug-likeness (QED) is 0.888. The Morgan fingerprint density at radius 2 is 2.15 bits per heavy atom. The fraction of sp³-hybridized carbons (Fsp3) is 0.385. The van der Waals surface area contributed by atoms with Crippen molar-refractivity contribution in [2.24, 2.45) is 0 Å². The molecule has 7 heteroatoms. The van der Waals surface area contributed by atoms with Crippen molar-refractivity contribution >= 4 is 28.2 Å². The Morgan fingerprint density at radius 3 is 2.80 bits per heavy atom. The van der Waals surface area contributed by atoms with Crippen LogP contribution in [0.4, 0.5) is 9.52 Å². The first-order valence-electron chi connectivity index (χ1n) is 6.28. The van der Waals surface area contributed by atoms with Crippen LogP contribution < -0.4 is 10.2 Å². The molecule has 0 unspecified atom stereocenters. The molecule has 0 radical (unpaired) electrons. The third-order valence-electron chi connectivity index (χ3n) is 2.58. The molecule has 0 fully saturated rings. The van der Waals surface area contributed by atoms with Crippen molar-refractivity contribution in [2.75, 3.05) is 25.5 Å². The first-order valence-corrected chi connectivity index (χ1v) is 7.92. The summed E-state index contributed by atoms with van der Waals surface area (Å²) in [6.07, 6.45) is 0. The number of anilines is 1. The van der Waals surface area contributed by atoms with Crippen molar-refractivity contribution in [2.45, 2.75) is 22.7 Å². The van der Waals surface area contributed by atoms with Crippen molar-refractivity contribution in [3.63, 3.8) is 0 Å². The molecule has 0 amide bonds. The molecule has 0 aliphatic heterocycles. The average Bonchev–Trinajstić information content (AvgIpc) is 2.88. The van der Waals surface area contributed by atoms with Crippen LogP contribution in [0.25, 0.3) is 0 Å². The van der Waals surface area contributed by atoms with Gasteiger partial charge in [-0.3, -0.25) is 0 Å². The molecule has 1 aromatic carbocycles. The first kappa shape index (κ1) is 15.2. The van der Waals surface area contributed by atoms with Gasteiger partial charge in [0.2, 0.25) is 5.13 Å². The molecule has 2 rings (SSSR count). The Morgan fingerprint density at radius 1 is 1.35 bits per heavy atom. The molecule has 108 valence electrons. The highest BCUT2D eigenvalue weighted by Gasteiger charge is 2.13. The fourth-order valence-electron chi connectivity index (χ4n) is 1.58. The van der Waals surface area contributed by atoms with Gasteiger partial charge in [0.15, 0.2) is 4.34 Å². The zero-order chi connectivity index (χ0) is 14.5. The Bertz CT molecular complexity index is 571. The Kier molecular flexibility index (Phi) is 5.33. The van der Waals surface area contributed by atoms with E-state index in [1.807, 2.05) is 32.0 Å². The zero-order valence-corrected chi connectivity index (χ0v) is 13.3. The molecule has 0 aliphatic carbocycles. The second kappa shape index (κ2) is 7.01. The summed E-state index contributed by atoms with van der Waals surface area (Å²) in [6.45, 7) is 3.53. The predicted molar refractivity (Wildman–Crippen MR) is 82.1 cm³/mol. The molecule has 1 N–H and O–H groups in total. The lowest BCUT2D eigenvalue weighted by atomic mass is 10.2. The molecule has 0 bridgehead atoms. The topological polar surface area (TPSA) is 41.1 Å². The molecule has 1 heterocycles. The molecule has 2 aromatic rings. The van der Waals surface area contributed by atoms with Gasteiger partial charge in [-0.05, 0) is 18.2 Å². The lowest BCUT2D eigenvalue weighted by Crippen LogP contribution is -2.12. The van der Waals surface area contributed by atoms with Crippen molar-refractivity contribution in [1.29, 1.82) is 0 Å². The third kappa shape index (κ3) is 3.68. The number of nitrogens with one attached hydrogen (secondary N) is 1. The van der Waals surface area contributed by atoms with E-state index in [1.165, 1.54) is 29.2 Å². The van der Waals surface area contributed by atoms with E-state index >= 15 is 0 Å². The molecular weight excluding hydrogens is 295 g/mol. The van der Waals surface area contributed by atoms with Crippen molar-refractivity contribution in [1.82, 2.24) is 15.5 Å². The average molecular weight is 312 g/mol. The van der Waals surface area contributed by atoms with Gasteiger partial charge in [0.25, 0.3) is 0 Å². The number of rotatable bonds is 6. The number of hydrogen-bond acceptors (Lipinski definition) is 6. The van der Waals surface area contributed by atoms with Crippen LogP contribution in [-0.2, 0) is 6.54 Å². The maximum atomic E-state index is 14.0. The van der Waals surface area contributed by atoms with Crippen LogP contribution in [0.15, 0.2) is 27.4 Å². The zero-order valence-electron chi connectivity index (χ0n) is 11.7. The lowest BCUT2D eigenvalue weighted by Gasteiger charge is -2.09. The Labute approximate surface area is 126 Å². The molecule has 0 saturated carbocycles.